The Labute approximate surface area is 108 Å². The van der Waals surface area contributed by atoms with Crippen molar-refractivity contribution in [2.45, 2.75) is 25.7 Å². The normalized spacial score (nSPS) is 20.4. The lowest BCUT2D eigenvalue weighted by atomic mass is 9.95. The van der Waals surface area contributed by atoms with Crippen LogP contribution in [0.2, 0.25) is 0 Å². The third kappa shape index (κ3) is 5.46. The first-order valence-electron chi connectivity index (χ1n) is 6.50. The van der Waals surface area contributed by atoms with Crippen LogP contribution in [-0.4, -0.2) is 55.2 Å². The van der Waals surface area contributed by atoms with Crippen molar-refractivity contribution in [3.05, 3.63) is 0 Å². The summed E-state index contributed by atoms with van der Waals surface area (Å²) in [5.74, 6) is 0.282. The van der Waals surface area contributed by atoms with Crippen molar-refractivity contribution >= 4 is 11.9 Å². The molecule has 1 heterocycles. The second kappa shape index (κ2) is 8.05. The summed E-state index contributed by atoms with van der Waals surface area (Å²) in [5.41, 5.74) is 0. The maximum absolute atomic E-state index is 11.4. The number of nitrogens with one attached hydrogen (secondary N) is 2. The van der Waals surface area contributed by atoms with E-state index in [1.54, 1.807) is 0 Å². The van der Waals surface area contributed by atoms with E-state index in [0.717, 1.165) is 32.4 Å². The number of hydrogen-bond donors (Lipinski definition) is 3. The van der Waals surface area contributed by atoms with Gasteiger partial charge in [0.2, 0.25) is 5.91 Å². The molecule has 1 saturated heterocycles. The Morgan fingerprint density at radius 3 is 2.89 bits per heavy atom. The van der Waals surface area contributed by atoms with Gasteiger partial charge in [0.05, 0.1) is 0 Å². The van der Waals surface area contributed by atoms with E-state index in [1.807, 2.05) is 0 Å². The number of piperidine rings is 1. The Hall–Kier alpha value is -1.14. The second-order valence-electron chi connectivity index (χ2n) is 4.70. The van der Waals surface area contributed by atoms with Gasteiger partial charge in [0.1, 0.15) is 0 Å². The van der Waals surface area contributed by atoms with Gasteiger partial charge in [0.15, 0.2) is 0 Å². The number of aliphatic hydroxyl groups excluding tert-OH is 1. The maximum atomic E-state index is 11.4. The van der Waals surface area contributed by atoms with Crippen molar-refractivity contribution in [3.8, 4) is 0 Å². The van der Waals surface area contributed by atoms with Crippen molar-refractivity contribution in [2.24, 2.45) is 5.92 Å². The van der Waals surface area contributed by atoms with Crippen LogP contribution >= 0.6 is 0 Å². The molecule has 1 rings (SSSR count). The average molecular weight is 257 g/mol. The highest BCUT2D eigenvalue weighted by atomic mass is 16.3. The van der Waals surface area contributed by atoms with Gasteiger partial charge in [-0.3, -0.25) is 10.1 Å². The predicted molar refractivity (Wildman–Crippen MR) is 68.1 cm³/mol. The lowest BCUT2D eigenvalue weighted by Gasteiger charge is -2.32. The van der Waals surface area contributed by atoms with Gasteiger partial charge in [-0.05, 0) is 31.7 Å². The molecule has 1 atom stereocenters. The first-order valence-corrected chi connectivity index (χ1v) is 6.50. The lowest BCUT2D eigenvalue weighted by Crippen LogP contribution is -2.41. The minimum absolute atomic E-state index is 0.232. The highest BCUT2D eigenvalue weighted by Crippen LogP contribution is 2.19. The number of urea groups is 1. The van der Waals surface area contributed by atoms with Gasteiger partial charge in [-0.1, -0.05) is 0 Å². The molecule has 1 unspecified atom stereocenters. The number of carbonyl (C=O) groups excluding carboxylic acids is 2. The van der Waals surface area contributed by atoms with Gasteiger partial charge in [0.25, 0.3) is 0 Å². The summed E-state index contributed by atoms with van der Waals surface area (Å²) in [4.78, 5) is 24.6. The van der Waals surface area contributed by atoms with Crippen molar-refractivity contribution < 1.29 is 14.7 Å². The molecular formula is C12H23N3O3. The molecule has 0 radical (unpaired) electrons. The van der Waals surface area contributed by atoms with Gasteiger partial charge < -0.3 is 15.3 Å². The average Bonchev–Trinajstić information content (AvgIpc) is 2.37. The zero-order valence-electron chi connectivity index (χ0n) is 10.9. The lowest BCUT2D eigenvalue weighted by molar-refractivity contribution is -0.120. The molecule has 104 valence electrons. The van der Waals surface area contributed by atoms with Crippen LogP contribution in [-0.2, 0) is 4.79 Å². The molecule has 1 aliphatic heterocycles. The van der Waals surface area contributed by atoms with Crippen LogP contribution in [0.3, 0.4) is 0 Å². The van der Waals surface area contributed by atoms with Gasteiger partial charge in [-0.2, -0.15) is 0 Å². The first kappa shape index (κ1) is 14.9. The Kier molecular flexibility index (Phi) is 6.67. The Morgan fingerprint density at radius 2 is 2.22 bits per heavy atom. The van der Waals surface area contributed by atoms with Crippen LogP contribution in [0.15, 0.2) is 0 Å². The molecule has 0 aliphatic carbocycles. The van der Waals surface area contributed by atoms with Crippen molar-refractivity contribution in [3.63, 3.8) is 0 Å². The van der Waals surface area contributed by atoms with E-state index in [0.29, 0.717) is 18.9 Å². The topological polar surface area (TPSA) is 81.7 Å². The first-order chi connectivity index (χ1) is 8.65. The summed E-state index contributed by atoms with van der Waals surface area (Å²) in [6, 6.07) is -0.461. The van der Waals surface area contributed by atoms with Crippen molar-refractivity contribution in [1.29, 1.82) is 0 Å². The second-order valence-corrected chi connectivity index (χ2v) is 4.70. The summed E-state index contributed by atoms with van der Waals surface area (Å²) in [7, 11) is 1.48. The minimum Gasteiger partial charge on any atom is -0.396 e. The van der Waals surface area contributed by atoms with Gasteiger partial charge in [-0.15, -0.1) is 0 Å². The minimum atomic E-state index is -0.461. The molecule has 3 amide bonds. The summed E-state index contributed by atoms with van der Waals surface area (Å²) >= 11 is 0. The highest BCUT2D eigenvalue weighted by molar-refractivity contribution is 5.94. The Bertz CT molecular complexity index is 282. The number of aliphatic hydroxyl groups is 1. The number of nitrogens with zero attached hydrogens (tertiary/aromatic N) is 1. The SMILES string of the molecule is CNC(=O)NC(=O)CCN1CCCC(CCO)C1. The van der Waals surface area contributed by atoms with E-state index in [-0.39, 0.29) is 12.5 Å². The number of hydrogen-bond acceptors (Lipinski definition) is 4. The number of carbonyl (C=O) groups is 2. The standard InChI is InChI=1S/C12H23N3O3/c1-13-12(18)14-11(17)4-7-15-6-2-3-10(9-15)5-8-16/h10,16H,2-9H2,1H3,(H2,13,14,17,18). The van der Waals surface area contributed by atoms with Crippen LogP contribution in [0.25, 0.3) is 0 Å². The molecule has 1 aliphatic rings. The number of imide groups is 1. The van der Waals surface area contributed by atoms with Gasteiger partial charge in [-0.25, -0.2) is 4.79 Å². The van der Waals surface area contributed by atoms with Crippen LogP contribution in [0.5, 0.6) is 0 Å². The zero-order valence-corrected chi connectivity index (χ0v) is 10.9. The van der Waals surface area contributed by atoms with Crippen molar-refractivity contribution in [1.82, 2.24) is 15.5 Å². The number of amides is 3. The third-order valence-electron chi connectivity index (χ3n) is 3.28. The Balaban J connectivity index is 2.21. The molecule has 6 heteroatoms. The van der Waals surface area contributed by atoms with E-state index in [9.17, 15) is 9.59 Å². The summed E-state index contributed by atoms with van der Waals surface area (Å²) < 4.78 is 0. The third-order valence-corrected chi connectivity index (χ3v) is 3.28. The van der Waals surface area contributed by atoms with Crippen LogP contribution < -0.4 is 10.6 Å². The molecule has 0 bridgehead atoms. The van der Waals surface area contributed by atoms with Crippen LogP contribution in [0.1, 0.15) is 25.7 Å². The van der Waals surface area contributed by atoms with E-state index in [4.69, 9.17) is 5.11 Å². The molecule has 0 aromatic carbocycles. The monoisotopic (exact) mass is 257 g/mol. The van der Waals surface area contributed by atoms with E-state index in [1.165, 1.54) is 7.05 Å². The fourth-order valence-electron chi connectivity index (χ4n) is 2.28. The van der Waals surface area contributed by atoms with Gasteiger partial charge >= 0.3 is 6.03 Å². The predicted octanol–water partition coefficient (Wildman–Crippen LogP) is -0.0735. The number of likely N-dealkylation sites (tertiary alicyclic amines) is 1. The molecule has 0 aromatic heterocycles. The van der Waals surface area contributed by atoms with Gasteiger partial charge in [0, 0.05) is 33.2 Å². The van der Waals surface area contributed by atoms with Crippen LogP contribution in [0, 0.1) is 5.92 Å². The van der Waals surface area contributed by atoms with E-state index in [2.05, 4.69) is 15.5 Å². The highest BCUT2D eigenvalue weighted by Gasteiger charge is 2.19. The fourth-order valence-corrected chi connectivity index (χ4v) is 2.28. The number of rotatable bonds is 5. The molecule has 0 aromatic rings. The molecule has 0 saturated carbocycles. The zero-order chi connectivity index (χ0) is 13.4. The summed E-state index contributed by atoms with van der Waals surface area (Å²) in [5, 5.41) is 13.5. The molecule has 1 fully saturated rings. The molecular weight excluding hydrogens is 234 g/mol. The van der Waals surface area contributed by atoms with Crippen molar-refractivity contribution in [2.75, 3.05) is 33.3 Å². The van der Waals surface area contributed by atoms with E-state index >= 15 is 0 Å². The summed E-state index contributed by atoms with van der Waals surface area (Å²) in [6.07, 6.45) is 3.43. The quantitative estimate of drug-likeness (QED) is 0.644. The molecule has 6 nitrogen and oxygen atoms in total. The molecule has 3 N–H and O–H groups in total. The van der Waals surface area contributed by atoms with Crippen LogP contribution in [0.4, 0.5) is 4.79 Å². The fraction of sp³-hybridized carbons (Fsp3) is 0.833. The molecule has 18 heavy (non-hydrogen) atoms. The summed E-state index contributed by atoms with van der Waals surface area (Å²) in [6.45, 7) is 2.84. The maximum Gasteiger partial charge on any atom is 0.321 e. The smallest absolute Gasteiger partial charge is 0.321 e. The Morgan fingerprint density at radius 1 is 1.44 bits per heavy atom. The van der Waals surface area contributed by atoms with E-state index < -0.39 is 6.03 Å². The molecule has 0 spiro atoms. The largest absolute Gasteiger partial charge is 0.396 e.